The van der Waals surface area contributed by atoms with Gasteiger partial charge in [-0.05, 0) is 44.3 Å². The molecule has 1 aromatic heterocycles. The standard InChI is InChI=1S/C14H20N4/c1-16-8-4-10-18(2)13-7-6-12-11(14(13)15)5-3-9-17-12/h3,5-7,9,16H,4,8,10,15H2,1-2H3. The Bertz CT molecular complexity index is 524. The van der Waals surface area contributed by atoms with Crippen molar-refractivity contribution < 1.29 is 0 Å². The predicted molar refractivity (Wildman–Crippen MR) is 78.0 cm³/mol. The van der Waals surface area contributed by atoms with E-state index in [1.54, 1.807) is 6.20 Å². The fourth-order valence-electron chi connectivity index (χ4n) is 2.11. The largest absolute Gasteiger partial charge is 0.396 e. The summed E-state index contributed by atoms with van der Waals surface area (Å²) in [5.74, 6) is 0. The molecule has 0 atom stereocenters. The Balaban J connectivity index is 2.25. The minimum Gasteiger partial charge on any atom is -0.396 e. The van der Waals surface area contributed by atoms with Crippen molar-refractivity contribution >= 4 is 22.3 Å². The maximum Gasteiger partial charge on any atom is 0.0724 e. The number of nitrogens with one attached hydrogen (secondary N) is 1. The van der Waals surface area contributed by atoms with Crippen LogP contribution in [-0.2, 0) is 0 Å². The SMILES string of the molecule is CNCCCN(C)c1ccc2ncccc2c1N. The van der Waals surface area contributed by atoms with Crippen LogP contribution in [0.2, 0.25) is 0 Å². The molecule has 2 rings (SSSR count). The number of hydrogen-bond donors (Lipinski definition) is 2. The summed E-state index contributed by atoms with van der Waals surface area (Å²) in [6.45, 7) is 2.00. The maximum absolute atomic E-state index is 6.23. The van der Waals surface area contributed by atoms with E-state index in [1.165, 1.54) is 0 Å². The van der Waals surface area contributed by atoms with E-state index in [0.29, 0.717) is 0 Å². The normalized spacial score (nSPS) is 10.8. The lowest BCUT2D eigenvalue weighted by molar-refractivity contribution is 0.713. The highest BCUT2D eigenvalue weighted by Gasteiger charge is 2.08. The molecule has 96 valence electrons. The zero-order valence-corrected chi connectivity index (χ0v) is 11.0. The van der Waals surface area contributed by atoms with Crippen LogP contribution in [0, 0.1) is 0 Å². The summed E-state index contributed by atoms with van der Waals surface area (Å²) in [5.41, 5.74) is 9.06. The highest BCUT2D eigenvalue weighted by molar-refractivity contribution is 5.97. The number of fused-ring (bicyclic) bond motifs is 1. The van der Waals surface area contributed by atoms with Crippen LogP contribution in [0.25, 0.3) is 10.9 Å². The van der Waals surface area contributed by atoms with Gasteiger partial charge in [0.15, 0.2) is 0 Å². The lowest BCUT2D eigenvalue weighted by atomic mass is 10.1. The Labute approximate surface area is 108 Å². The Hall–Kier alpha value is -1.81. The van der Waals surface area contributed by atoms with Crippen LogP contribution in [0.15, 0.2) is 30.5 Å². The van der Waals surface area contributed by atoms with Gasteiger partial charge < -0.3 is 16.0 Å². The zero-order valence-electron chi connectivity index (χ0n) is 11.0. The van der Waals surface area contributed by atoms with Crippen molar-refractivity contribution in [3.8, 4) is 0 Å². The number of anilines is 2. The molecular weight excluding hydrogens is 224 g/mol. The van der Waals surface area contributed by atoms with E-state index in [9.17, 15) is 0 Å². The molecular formula is C14H20N4. The molecule has 0 saturated carbocycles. The van der Waals surface area contributed by atoms with E-state index < -0.39 is 0 Å². The average molecular weight is 244 g/mol. The van der Waals surface area contributed by atoms with Crippen molar-refractivity contribution in [2.24, 2.45) is 0 Å². The van der Waals surface area contributed by atoms with E-state index in [4.69, 9.17) is 5.73 Å². The summed E-state index contributed by atoms with van der Waals surface area (Å²) in [7, 11) is 4.04. The first-order chi connectivity index (χ1) is 8.74. The van der Waals surface area contributed by atoms with Gasteiger partial charge in [-0.15, -0.1) is 0 Å². The Kier molecular flexibility index (Phi) is 3.99. The minimum absolute atomic E-state index is 0.813. The molecule has 2 aromatic rings. The summed E-state index contributed by atoms with van der Waals surface area (Å²) in [6, 6.07) is 8.01. The first-order valence-electron chi connectivity index (χ1n) is 6.23. The number of aromatic nitrogens is 1. The van der Waals surface area contributed by atoms with Crippen LogP contribution in [-0.4, -0.2) is 32.2 Å². The fraction of sp³-hybridized carbons (Fsp3) is 0.357. The molecule has 1 aromatic carbocycles. The predicted octanol–water partition coefficient (Wildman–Crippen LogP) is 1.86. The first kappa shape index (κ1) is 12.6. The topological polar surface area (TPSA) is 54.2 Å². The van der Waals surface area contributed by atoms with Crippen molar-refractivity contribution in [3.63, 3.8) is 0 Å². The van der Waals surface area contributed by atoms with Crippen LogP contribution in [0.3, 0.4) is 0 Å². The maximum atomic E-state index is 6.23. The van der Waals surface area contributed by atoms with Gasteiger partial charge in [-0.3, -0.25) is 4.98 Å². The Morgan fingerprint density at radius 2 is 2.17 bits per heavy atom. The molecule has 1 heterocycles. The highest BCUT2D eigenvalue weighted by Crippen LogP contribution is 2.29. The van der Waals surface area contributed by atoms with Gasteiger partial charge in [-0.1, -0.05) is 0 Å². The van der Waals surface area contributed by atoms with Gasteiger partial charge in [-0.2, -0.15) is 0 Å². The number of hydrogen-bond acceptors (Lipinski definition) is 4. The number of rotatable bonds is 5. The van der Waals surface area contributed by atoms with Crippen LogP contribution < -0.4 is 16.0 Å². The van der Waals surface area contributed by atoms with E-state index in [-0.39, 0.29) is 0 Å². The number of nitrogens with two attached hydrogens (primary N) is 1. The number of pyridine rings is 1. The molecule has 0 radical (unpaired) electrons. The molecule has 18 heavy (non-hydrogen) atoms. The number of nitrogens with zero attached hydrogens (tertiary/aromatic N) is 2. The van der Waals surface area contributed by atoms with Gasteiger partial charge in [0.25, 0.3) is 0 Å². The van der Waals surface area contributed by atoms with Gasteiger partial charge in [0.05, 0.1) is 16.9 Å². The second kappa shape index (κ2) is 5.69. The molecule has 0 bridgehead atoms. The van der Waals surface area contributed by atoms with Crippen molar-refractivity contribution in [2.45, 2.75) is 6.42 Å². The Morgan fingerprint density at radius 3 is 2.94 bits per heavy atom. The second-order valence-electron chi connectivity index (χ2n) is 4.45. The third-order valence-electron chi connectivity index (χ3n) is 3.14. The van der Waals surface area contributed by atoms with Crippen LogP contribution >= 0.6 is 0 Å². The molecule has 3 N–H and O–H groups in total. The molecule has 0 spiro atoms. The smallest absolute Gasteiger partial charge is 0.0724 e. The Morgan fingerprint density at radius 1 is 1.33 bits per heavy atom. The molecule has 0 saturated heterocycles. The summed E-state index contributed by atoms with van der Waals surface area (Å²) >= 11 is 0. The van der Waals surface area contributed by atoms with Crippen LogP contribution in [0.1, 0.15) is 6.42 Å². The molecule has 0 fully saturated rings. The molecule has 0 amide bonds. The van der Waals surface area contributed by atoms with Gasteiger partial charge in [0, 0.05) is 25.2 Å². The lowest BCUT2D eigenvalue weighted by Gasteiger charge is -2.21. The van der Waals surface area contributed by atoms with E-state index in [0.717, 1.165) is 41.8 Å². The zero-order chi connectivity index (χ0) is 13.0. The van der Waals surface area contributed by atoms with Crippen molar-refractivity contribution in [1.29, 1.82) is 0 Å². The van der Waals surface area contributed by atoms with Crippen LogP contribution in [0.4, 0.5) is 11.4 Å². The highest BCUT2D eigenvalue weighted by atomic mass is 15.1. The first-order valence-corrected chi connectivity index (χ1v) is 6.23. The lowest BCUT2D eigenvalue weighted by Crippen LogP contribution is -2.23. The van der Waals surface area contributed by atoms with Crippen LogP contribution in [0.5, 0.6) is 0 Å². The fourth-order valence-corrected chi connectivity index (χ4v) is 2.11. The third-order valence-corrected chi connectivity index (χ3v) is 3.14. The molecule has 4 nitrogen and oxygen atoms in total. The van der Waals surface area contributed by atoms with Crippen molar-refractivity contribution in [2.75, 3.05) is 37.8 Å². The molecule has 0 aliphatic rings. The van der Waals surface area contributed by atoms with Crippen molar-refractivity contribution in [3.05, 3.63) is 30.5 Å². The van der Waals surface area contributed by atoms with Crippen molar-refractivity contribution in [1.82, 2.24) is 10.3 Å². The number of nitrogen functional groups attached to an aromatic ring is 1. The number of benzene rings is 1. The second-order valence-corrected chi connectivity index (χ2v) is 4.45. The molecule has 0 unspecified atom stereocenters. The van der Waals surface area contributed by atoms with E-state index in [2.05, 4.69) is 22.2 Å². The van der Waals surface area contributed by atoms with Gasteiger partial charge >= 0.3 is 0 Å². The third kappa shape index (κ3) is 2.54. The summed E-state index contributed by atoms with van der Waals surface area (Å²) in [5, 5.41) is 4.17. The summed E-state index contributed by atoms with van der Waals surface area (Å²) in [6.07, 6.45) is 2.88. The average Bonchev–Trinajstić information content (AvgIpc) is 2.39. The minimum atomic E-state index is 0.813. The summed E-state index contributed by atoms with van der Waals surface area (Å²) < 4.78 is 0. The van der Waals surface area contributed by atoms with E-state index in [1.807, 2.05) is 31.3 Å². The monoisotopic (exact) mass is 244 g/mol. The van der Waals surface area contributed by atoms with Gasteiger partial charge in [0.1, 0.15) is 0 Å². The van der Waals surface area contributed by atoms with Gasteiger partial charge in [0.2, 0.25) is 0 Å². The quantitative estimate of drug-likeness (QED) is 0.622. The van der Waals surface area contributed by atoms with E-state index >= 15 is 0 Å². The molecule has 0 aliphatic heterocycles. The van der Waals surface area contributed by atoms with Gasteiger partial charge in [-0.25, -0.2) is 0 Å². The summed E-state index contributed by atoms with van der Waals surface area (Å²) in [4.78, 5) is 6.50. The molecule has 4 heteroatoms. The molecule has 0 aliphatic carbocycles.